The van der Waals surface area contributed by atoms with Crippen LogP contribution in [0.3, 0.4) is 0 Å². The molecule has 1 aromatic heterocycles. The van der Waals surface area contributed by atoms with Gasteiger partial charge in [-0.1, -0.05) is 0 Å². The molecule has 0 amide bonds. The van der Waals surface area contributed by atoms with E-state index in [-0.39, 0.29) is 11.6 Å². The molecule has 7 heteroatoms. The van der Waals surface area contributed by atoms with Gasteiger partial charge in [0.15, 0.2) is 5.96 Å². The van der Waals surface area contributed by atoms with E-state index in [9.17, 15) is 0 Å². The fourth-order valence-electron chi connectivity index (χ4n) is 3.94. The molecule has 0 aromatic carbocycles. The first-order chi connectivity index (χ1) is 13.1. The van der Waals surface area contributed by atoms with Crippen molar-refractivity contribution in [2.75, 3.05) is 59.5 Å². The van der Waals surface area contributed by atoms with Gasteiger partial charge in [0.25, 0.3) is 0 Å². The molecule has 1 aromatic rings. The molecule has 2 aliphatic heterocycles. The SMILES string of the molecule is CN=C(NCC(c1ccco1)N1CCCC1)NCC(C)(C)N1CCOCC1. The zero-order valence-corrected chi connectivity index (χ0v) is 17.0. The van der Waals surface area contributed by atoms with Gasteiger partial charge < -0.3 is 19.8 Å². The number of nitrogens with zero attached hydrogens (tertiary/aromatic N) is 3. The monoisotopic (exact) mass is 377 g/mol. The van der Waals surface area contributed by atoms with Crippen LogP contribution < -0.4 is 10.6 Å². The number of morpholine rings is 1. The molecule has 152 valence electrons. The highest BCUT2D eigenvalue weighted by Gasteiger charge is 2.29. The second-order valence-electron chi connectivity index (χ2n) is 7.99. The van der Waals surface area contributed by atoms with Crippen molar-refractivity contribution in [2.24, 2.45) is 4.99 Å². The molecule has 2 aliphatic rings. The van der Waals surface area contributed by atoms with Gasteiger partial charge >= 0.3 is 0 Å². The smallest absolute Gasteiger partial charge is 0.191 e. The molecule has 2 N–H and O–H groups in total. The molecule has 0 bridgehead atoms. The lowest BCUT2D eigenvalue weighted by Crippen LogP contribution is -2.56. The Morgan fingerprint density at radius 1 is 1.19 bits per heavy atom. The summed E-state index contributed by atoms with van der Waals surface area (Å²) >= 11 is 0. The van der Waals surface area contributed by atoms with E-state index in [4.69, 9.17) is 9.15 Å². The number of rotatable bonds is 7. The van der Waals surface area contributed by atoms with Gasteiger partial charge in [0.05, 0.1) is 25.5 Å². The fourth-order valence-corrected chi connectivity index (χ4v) is 3.94. The molecule has 0 spiro atoms. The standard InChI is InChI=1S/C20H35N5O2/c1-20(2,25-10-13-26-14-11-25)16-23-19(21-3)22-15-17(18-7-6-12-27-18)24-8-4-5-9-24/h6-7,12,17H,4-5,8-11,13-16H2,1-3H3,(H2,21,22,23). The van der Waals surface area contributed by atoms with Crippen LogP contribution in [-0.4, -0.2) is 80.8 Å². The topological polar surface area (TPSA) is 65.3 Å². The van der Waals surface area contributed by atoms with Crippen molar-refractivity contribution in [3.8, 4) is 0 Å². The first kappa shape index (κ1) is 20.2. The van der Waals surface area contributed by atoms with Crippen LogP contribution in [0.15, 0.2) is 27.8 Å². The Balaban J connectivity index is 1.53. The molecular formula is C20H35N5O2. The molecule has 0 aliphatic carbocycles. The van der Waals surface area contributed by atoms with E-state index in [1.807, 2.05) is 13.1 Å². The van der Waals surface area contributed by atoms with Crippen molar-refractivity contribution >= 4 is 5.96 Å². The van der Waals surface area contributed by atoms with Gasteiger partial charge in [-0.05, 0) is 51.9 Å². The molecule has 27 heavy (non-hydrogen) atoms. The quantitative estimate of drug-likeness (QED) is 0.557. The molecule has 0 saturated carbocycles. The van der Waals surface area contributed by atoms with E-state index < -0.39 is 0 Å². The number of nitrogens with one attached hydrogen (secondary N) is 2. The second kappa shape index (κ2) is 9.57. The third kappa shape index (κ3) is 5.46. The van der Waals surface area contributed by atoms with Crippen LogP contribution in [0.4, 0.5) is 0 Å². The lowest BCUT2D eigenvalue weighted by atomic mass is 10.0. The lowest BCUT2D eigenvalue weighted by Gasteiger charge is -2.41. The number of aliphatic imine (C=N–C) groups is 1. The van der Waals surface area contributed by atoms with Crippen molar-refractivity contribution < 1.29 is 9.15 Å². The Morgan fingerprint density at radius 2 is 1.93 bits per heavy atom. The van der Waals surface area contributed by atoms with Crippen LogP contribution in [0.25, 0.3) is 0 Å². The van der Waals surface area contributed by atoms with E-state index in [2.05, 4.69) is 45.3 Å². The minimum atomic E-state index is 0.0523. The maximum Gasteiger partial charge on any atom is 0.191 e. The summed E-state index contributed by atoms with van der Waals surface area (Å²) in [5.41, 5.74) is 0.0523. The van der Waals surface area contributed by atoms with Crippen LogP contribution >= 0.6 is 0 Å². The molecule has 7 nitrogen and oxygen atoms in total. The Bertz CT molecular complexity index is 575. The van der Waals surface area contributed by atoms with E-state index in [0.717, 1.165) is 64.2 Å². The van der Waals surface area contributed by atoms with Crippen molar-refractivity contribution in [1.82, 2.24) is 20.4 Å². The van der Waals surface area contributed by atoms with Gasteiger partial charge in [0.1, 0.15) is 5.76 Å². The zero-order valence-electron chi connectivity index (χ0n) is 17.0. The molecule has 2 saturated heterocycles. The van der Waals surface area contributed by atoms with Crippen molar-refractivity contribution in [1.29, 1.82) is 0 Å². The molecule has 3 rings (SSSR count). The third-order valence-electron chi connectivity index (χ3n) is 5.70. The summed E-state index contributed by atoms with van der Waals surface area (Å²) in [6.07, 6.45) is 4.28. The molecular weight excluding hydrogens is 342 g/mol. The van der Waals surface area contributed by atoms with Crippen LogP contribution in [0, 0.1) is 0 Å². The number of guanidine groups is 1. The Kier molecular flexibility index (Phi) is 7.15. The third-order valence-corrected chi connectivity index (χ3v) is 5.70. The first-order valence-corrected chi connectivity index (χ1v) is 10.1. The number of likely N-dealkylation sites (tertiary alicyclic amines) is 1. The van der Waals surface area contributed by atoms with E-state index in [0.29, 0.717) is 0 Å². The summed E-state index contributed by atoms with van der Waals surface area (Å²) in [5.74, 6) is 1.86. The number of hydrogen-bond acceptors (Lipinski definition) is 5. The molecule has 2 fully saturated rings. The zero-order chi connectivity index (χ0) is 19.1. The molecule has 1 unspecified atom stereocenters. The van der Waals surface area contributed by atoms with E-state index in [1.54, 1.807) is 6.26 Å². The Hall–Kier alpha value is -1.57. The second-order valence-corrected chi connectivity index (χ2v) is 7.99. The van der Waals surface area contributed by atoms with Gasteiger partial charge in [-0.2, -0.15) is 0 Å². The number of ether oxygens (including phenoxy) is 1. The predicted octanol–water partition coefficient (Wildman–Crippen LogP) is 1.69. The van der Waals surface area contributed by atoms with Gasteiger partial charge in [-0.3, -0.25) is 14.8 Å². The predicted molar refractivity (Wildman–Crippen MR) is 108 cm³/mol. The maximum absolute atomic E-state index is 5.71. The summed E-state index contributed by atoms with van der Waals surface area (Å²) in [4.78, 5) is 9.39. The summed E-state index contributed by atoms with van der Waals surface area (Å²) in [5, 5.41) is 7.01. The summed E-state index contributed by atoms with van der Waals surface area (Å²) in [6.45, 7) is 12.0. The number of furan rings is 1. The van der Waals surface area contributed by atoms with Gasteiger partial charge in [0, 0.05) is 38.8 Å². The van der Waals surface area contributed by atoms with Crippen molar-refractivity contribution in [2.45, 2.75) is 38.3 Å². The van der Waals surface area contributed by atoms with Gasteiger partial charge in [-0.15, -0.1) is 0 Å². The molecule has 3 heterocycles. The Labute approximate surface area is 163 Å². The normalized spacial score (nSPS) is 21.4. The molecule has 0 radical (unpaired) electrons. The summed E-state index contributed by atoms with van der Waals surface area (Å²) in [6, 6.07) is 4.28. The highest BCUT2D eigenvalue weighted by molar-refractivity contribution is 5.79. The average molecular weight is 378 g/mol. The van der Waals surface area contributed by atoms with Crippen LogP contribution in [0.2, 0.25) is 0 Å². The first-order valence-electron chi connectivity index (χ1n) is 10.1. The van der Waals surface area contributed by atoms with Crippen molar-refractivity contribution in [3.63, 3.8) is 0 Å². The van der Waals surface area contributed by atoms with Crippen LogP contribution in [-0.2, 0) is 4.74 Å². The minimum absolute atomic E-state index is 0.0523. The average Bonchev–Trinajstić information content (AvgIpc) is 3.40. The number of hydrogen-bond donors (Lipinski definition) is 2. The van der Waals surface area contributed by atoms with Crippen LogP contribution in [0.5, 0.6) is 0 Å². The largest absolute Gasteiger partial charge is 0.468 e. The summed E-state index contributed by atoms with van der Waals surface area (Å²) in [7, 11) is 1.83. The van der Waals surface area contributed by atoms with Crippen molar-refractivity contribution in [3.05, 3.63) is 24.2 Å². The van der Waals surface area contributed by atoms with E-state index >= 15 is 0 Å². The van der Waals surface area contributed by atoms with Gasteiger partial charge in [0.2, 0.25) is 0 Å². The molecule has 1 atom stereocenters. The van der Waals surface area contributed by atoms with E-state index in [1.165, 1.54) is 12.8 Å². The Morgan fingerprint density at radius 3 is 2.56 bits per heavy atom. The fraction of sp³-hybridized carbons (Fsp3) is 0.750. The highest BCUT2D eigenvalue weighted by atomic mass is 16.5. The maximum atomic E-state index is 5.71. The highest BCUT2D eigenvalue weighted by Crippen LogP contribution is 2.24. The lowest BCUT2D eigenvalue weighted by molar-refractivity contribution is -0.00834. The van der Waals surface area contributed by atoms with Gasteiger partial charge in [-0.25, -0.2) is 0 Å². The minimum Gasteiger partial charge on any atom is -0.468 e. The summed E-state index contributed by atoms with van der Waals surface area (Å²) < 4.78 is 11.2. The van der Waals surface area contributed by atoms with Crippen LogP contribution in [0.1, 0.15) is 38.5 Å².